The normalized spacial score (nSPS) is 15.5. The molecule has 0 atom stereocenters. The smallest absolute Gasteiger partial charge is 0.419 e. The SMILES string of the molecule is CC(C)(C)OC(=O)N1CCN(C(=O)c2ccc3c(c2)cc(-c2ccc(F)c4c2C(=O)NC4)n3C(=O)OC(C)(C)C)CC1. The Balaban J connectivity index is 1.49. The number of benzene rings is 2. The monoisotopic (exact) mass is 578 g/mol. The Morgan fingerprint density at radius 3 is 2.10 bits per heavy atom. The zero-order valence-electron chi connectivity index (χ0n) is 24.7. The van der Waals surface area contributed by atoms with Gasteiger partial charge in [-0.3, -0.25) is 9.59 Å². The topological polar surface area (TPSA) is 110 Å². The molecule has 1 saturated heterocycles. The van der Waals surface area contributed by atoms with Gasteiger partial charge in [-0.2, -0.15) is 0 Å². The quantitative estimate of drug-likeness (QED) is 0.450. The fourth-order valence-electron chi connectivity index (χ4n) is 5.18. The van der Waals surface area contributed by atoms with Gasteiger partial charge in [0.25, 0.3) is 11.8 Å². The molecule has 3 aromatic rings. The summed E-state index contributed by atoms with van der Waals surface area (Å²) >= 11 is 0. The summed E-state index contributed by atoms with van der Waals surface area (Å²) < 4.78 is 27.0. The van der Waals surface area contributed by atoms with E-state index >= 15 is 0 Å². The van der Waals surface area contributed by atoms with Crippen molar-refractivity contribution in [3.05, 3.63) is 58.9 Å². The van der Waals surface area contributed by atoms with E-state index in [1.54, 1.807) is 75.6 Å². The van der Waals surface area contributed by atoms with Gasteiger partial charge in [0.2, 0.25) is 0 Å². The second-order valence-corrected chi connectivity index (χ2v) is 12.5. The Bertz CT molecular complexity index is 1610. The van der Waals surface area contributed by atoms with E-state index in [1.807, 2.05) is 0 Å². The number of halogens is 1. The standard InChI is InChI=1S/C31H35FN4O6/c1-30(2,3)41-28(39)35-13-11-34(12-14-35)27(38)18-7-10-23-19(15-18)16-24(36(23)29(40)42-31(4,5)6)20-8-9-22(32)21-17-33-26(37)25(20)21/h7-10,15-16H,11-14,17H2,1-6H3,(H,33,37). The maximum Gasteiger partial charge on any atom is 0.419 e. The van der Waals surface area contributed by atoms with E-state index in [0.29, 0.717) is 53.9 Å². The van der Waals surface area contributed by atoms with Gasteiger partial charge in [-0.1, -0.05) is 0 Å². The molecule has 3 heterocycles. The number of carbonyl (C=O) groups excluding carboxylic acids is 4. The third kappa shape index (κ3) is 5.68. The summed E-state index contributed by atoms with van der Waals surface area (Å²) in [6, 6.07) is 9.44. The fourth-order valence-corrected chi connectivity index (χ4v) is 5.18. The largest absolute Gasteiger partial charge is 0.444 e. The number of nitrogens with one attached hydrogen (secondary N) is 1. The average molecular weight is 579 g/mol. The van der Waals surface area contributed by atoms with Gasteiger partial charge in [0, 0.05) is 54.8 Å². The summed E-state index contributed by atoms with van der Waals surface area (Å²) in [6.07, 6.45) is -1.07. The first-order chi connectivity index (χ1) is 19.6. The molecule has 0 spiro atoms. The summed E-state index contributed by atoms with van der Waals surface area (Å²) in [4.78, 5) is 55.3. The van der Waals surface area contributed by atoms with Crippen LogP contribution in [0.15, 0.2) is 36.4 Å². The van der Waals surface area contributed by atoms with Crippen molar-refractivity contribution in [3.8, 4) is 11.3 Å². The number of fused-ring (bicyclic) bond motifs is 2. The van der Waals surface area contributed by atoms with Gasteiger partial charge in [0.1, 0.15) is 17.0 Å². The number of carbonyl (C=O) groups is 4. The number of hydrogen-bond acceptors (Lipinski definition) is 6. The molecule has 42 heavy (non-hydrogen) atoms. The van der Waals surface area contributed by atoms with Crippen molar-refractivity contribution in [2.75, 3.05) is 26.2 Å². The highest BCUT2D eigenvalue weighted by molar-refractivity contribution is 6.07. The van der Waals surface area contributed by atoms with Crippen LogP contribution in [0.4, 0.5) is 14.0 Å². The average Bonchev–Trinajstić information content (AvgIpc) is 3.48. The molecule has 0 bridgehead atoms. The van der Waals surface area contributed by atoms with Gasteiger partial charge in [-0.25, -0.2) is 18.5 Å². The zero-order valence-corrected chi connectivity index (χ0v) is 24.7. The molecule has 222 valence electrons. The molecular weight excluding hydrogens is 543 g/mol. The highest BCUT2D eigenvalue weighted by Gasteiger charge is 2.32. The lowest BCUT2D eigenvalue weighted by atomic mass is 9.99. The maximum atomic E-state index is 14.5. The number of aromatic nitrogens is 1. The van der Waals surface area contributed by atoms with Gasteiger partial charge in [-0.15, -0.1) is 0 Å². The highest BCUT2D eigenvalue weighted by Crippen LogP contribution is 2.36. The van der Waals surface area contributed by atoms with Crippen LogP contribution in [0.3, 0.4) is 0 Å². The first kappa shape index (κ1) is 29.1. The number of ether oxygens (including phenoxy) is 2. The molecule has 2 aliphatic heterocycles. The maximum absolute atomic E-state index is 14.5. The van der Waals surface area contributed by atoms with Crippen molar-refractivity contribution < 1.29 is 33.0 Å². The van der Waals surface area contributed by atoms with Crippen LogP contribution in [0.1, 0.15) is 67.8 Å². The van der Waals surface area contributed by atoms with Gasteiger partial charge >= 0.3 is 12.2 Å². The van der Waals surface area contributed by atoms with E-state index in [-0.39, 0.29) is 23.6 Å². The number of nitrogens with zero attached hydrogens (tertiary/aromatic N) is 3. The molecule has 0 radical (unpaired) electrons. The van der Waals surface area contributed by atoms with E-state index in [2.05, 4.69) is 5.32 Å². The summed E-state index contributed by atoms with van der Waals surface area (Å²) in [7, 11) is 0. The predicted molar refractivity (Wildman–Crippen MR) is 154 cm³/mol. The number of hydrogen-bond donors (Lipinski definition) is 1. The second kappa shape index (κ2) is 10.5. The van der Waals surface area contributed by atoms with E-state index in [0.717, 1.165) is 0 Å². The molecule has 2 aromatic carbocycles. The Morgan fingerprint density at radius 1 is 0.833 bits per heavy atom. The van der Waals surface area contributed by atoms with Crippen molar-refractivity contribution >= 4 is 34.9 Å². The second-order valence-electron chi connectivity index (χ2n) is 12.5. The lowest BCUT2D eigenvalue weighted by molar-refractivity contribution is 0.0140. The molecule has 1 N–H and O–H groups in total. The Kier molecular flexibility index (Phi) is 7.24. The van der Waals surface area contributed by atoms with Crippen molar-refractivity contribution in [1.82, 2.24) is 19.7 Å². The molecule has 1 fully saturated rings. The third-order valence-corrected chi connectivity index (χ3v) is 7.03. The van der Waals surface area contributed by atoms with E-state index in [9.17, 15) is 23.6 Å². The minimum atomic E-state index is -0.801. The van der Waals surface area contributed by atoms with E-state index in [1.165, 1.54) is 16.7 Å². The van der Waals surface area contributed by atoms with Gasteiger partial charge in [0.05, 0.1) is 16.8 Å². The van der Waals surface area contributed by atoms with Crippen LogP contribution in [0.5, 0.6) is 0 Å². The molecule has 0 saturated carbocycles. The first-order valence-corrected chi connectivity index (χ1v) is 13.9. The zero-order chi connectivity index (χ0) is 30.6. The van der Waals surface area contributed by atoms with Crippen LogP contribution in [0.2, 0.25) is 0 Å². The Hall–Kier alpha value is -4.41. The van der Waals surface area contributed by atoms with Crippen LogP contribution in [0.25, 0.3) is 22.2 Å². The van der Waals surface area contributed by atoms with Crippen LogP contribution >= 0.6 is 0 Å². The van der Waals surface area contributed by atoms with Crippen molar-refractivity contribution in [3.63, 3.8) is 0 Å². The predicted octanol–water partition coefficient (Wildman–Crippen LogP) is 5.17. The molecule has 5 rings (SSSR count). The molecule has 11 heteroatoms. The van der Waals surface area contributed by atoms with Crippen LogP contribution in [0, 0.1) is 5.82 Å². The summed E-state index contributed by atoms with van der Waals surface area (Å²) in [5.41, 5.74) is 0.612. The van der Waals surface area contributed by atoms with E-state index in [4.69, 9.17) is 9.47 Å². The number of rotatable bonds is 2. The molecule has 0 unspecified atom stereocenters. The minimum Gasteiger partial charge on any atom is -0.444 e. The van der Waals surface area contributed by atoms with Crippen LogP contribution in [-0.4, -0.2) is 75.7 Å². The Morgan fingerprint density at radius 2 is 1.45 bits per heavy atom. The van der Waals surface area contributed by atoms with Crippen molar-refractivity contribution in [1.29, 1.82) is 0 Å². The van der Waals surface area contributed by atoms with Crippen LogP contribution in [-0.2, 0) is 16.0 Å². The lowest BCUT2D eigenvalue weighted by Gasteiger charge is -2.35. The van der Waals surface area contributed by atoms with Gasteiger partial charge in [-0.05, 0) is 77.9 Å². The summed E-state index contributed by atoms with van der Waals surface area (Å²) in [6.45, 7) is 12.1. The first-order valence-electron chi connectivity index (χ1n) is 13.9. The molecular formula is C31H35FN4O6. The molecule has 3 amide bonds. The molecule has 1 aromatic heterocycles. The number of piperazine rings is 1. The van der Waals surface area contributed by atoms with E-state index < -0.39 is 35.1 Å². The Labute approximate surface area is 243 Å². The summed E-state index contributed by atoms with van der Waals surface area (Å²) in [5.74, 6) is -1.15. The molecule has 10 nitrogen and oxygen atoms in total. The molecule has 0 aliphatic carbocycles. The van der Waals surface area contributed by atoms with Crippen LogP contribution < -0.4 is 5.32 Å². The molecule has 2 aliphatic rings. The summed E-state index contributed by atoms with van der Waals surface area (Å²) in [5, 5.41) is 3.23. The lowest BCUT2D eigenvalue weighted by Crippen LogP contribution is -2.51. The number of amides is 3. The van der Waals surface area contributed by atoms with Gasteiger partial charge < -0.3 is 24.6 Å². The van der Waals surface area contributed by atoms with Crippen molar-refractivity contribution in [2.24, 2.45) is 0 Å². The fraction of sp³-hybridized carbons (Fsp3) is 0.419. The third-order valence-electron chi connectivity index (χ3n) is 7.03. The van der Waals surface area contributed by atoms with Crippen molar-refractivity contribution in [2.45, 2.75) is 59.3 Å². The highest BCUT2D eigenvalue weighted by atomic mass is 19.1. The van der Waals surface area contributed by atoms with Gasteiger partial charge in [0.15, 0.2) is 0 Å². The minimum absolute atomic E-state index is 0.0559.